The van der Waals surface area contributed by atoms with Crippen LogP contribution in [0, 0.1) is 0 Å². The lowest BCUT2D eigenvalue weighted by atomic mass is 10.1. The van der Waals surface area contributed by atoms with E-state index in [0.29, 0.717) is 17.8 Å². The lowest BCUT2D eigenvalue weighted by Crippen LogP contribution is -2.27. The molecule has 0 spiro atoms. The van der Waals surface area contributed by atoms with Crippen molar-refractivity contribution in [1.82, 2.24) is 5.32 Å². The minimum Gasteiger partial charge on any atom is -0.448 e. The van der Waals surface area contributed by atoms with E-state index in [2.05, 4.69) is 18.3 Å². The number of nitrogens with one attached hydrogen (secondary N) is 1. The molecular formula is C14H15Cl2NO. The van der Waals surface area contributed by atoms with Crippen LogP contribution in [0.5, 0.6) is 0 Å². The van der Waals surface area contributed by atoms with Crippen molar-refractivity contribution in [3.05, 3.63) is 58.0 Å². The largest absolute Gasteiger partial charge is 0.448 e. The lowest BCUT2D eigenvalue weighted by Gasteiger charge is -2.13. The summed E-state index contributed by atoms with van der Waals surface area (Å²) in [5.41, 5.74) is 1.22. The summed E-state index contributed by atoms with van der Waals surface area (Å²) in [4.78, 5) is 0. The first-order chi connectivity index (χ1) is 8.63. The summed E-state index contributed by atoms with van der Waals surface area (Å²) in [5, 5.41) is 4.59. The van der Waals surface area contributed by atoms with Gasteiger partial charge in [-0.3, -0.25) is 0 Å². The Balaban J connectivity index is 1.83. The number of hydrogen-bond acceptors (Lipinski definition) is 2. The molecule has 2 nitrogen and oxygen atoms in total. The zero-order valence-corrected chi connectivity index (χ0v) is 11.6. The van der Waals surface area contributed by atoms with E-state index in [1.54, 1.807) is 6.07 Å². The Bertz CT molecular complexity index is 510. The fraction of sp³-hybridized carbons (Fsp3) is 0.286. The monoisotopic (exact) mass is 283 g/mol. The Morgan fingerprint density at radius 3 is 2.72 bits per heavy atom. The molecule has 0 aliphatic rings. The summed E-state index contributed by atoms with van der Waals surface area (Å²) < 4.78 is 5.29. The van der Waals surface area contributed by atoms with Crippen molar-refractivity contribution < 1.29 is 4.42 Å². The molecule has 2 aromatic rings. The van der Waals surface area contributed by atoms with Crippen LogP contribution in [0.25, 0.3) is 0 Å². The maximum absolute atomic E-state index is 5.95. The van der Waals surface area contributed by atoms with Gasteiger partial charge in [0.15, 0.2) is 5.22 Å². The first kappa shape index (κ1) is 13.5. The highest BCUT2D eigenvalue weighted by molar-refractivity contribution is 6.30. The number of benzene rings is 1. The second-order valence-corrected chi connectivity index (χ2v) is 5.13. The molecule has 0 fully saturated rings. The van der Waals surface area contributed by atoms with Crippen molar-refractivity contribution in [1.29, 1.82) is 0 Å². The van der Waals surface area contributed by atoms with Gasteiger partial charge in [-0.2, -0.15) is 0 Å². The number of halogens is 2. The minimum absolute atomic E-state index is 0.340. The summed E-state index contributed by atoms with van der Waals surface area (Å²) in [6.07, 6.45) is 0.926. The van der Waals surface area contributed by atoms with Crippen LogP contribution in [0.3, 0.4) is 0 Å². The molecule has 1 atom stereocenters. The van der Waals surface area contributed by atoms with Gasteiger partial charge in [0.25, 0.3) is 0 Å². The molecule has 0 aliphatic carbocycles. The summed E-state index contributed by atoms with van der Waals surface area (Å²) in [7, 11) is 0. The minimum atomic E-state index is 0.340. The lowest BCUT2D eigenvalue weighted by molar-refractivity contribution is 0.455. The van der Waals surface area contributed by atoms with E-state index in [1.807, 2.05) is 24.3 Å². The summed E-state index contributed by atoms with van der Waals surface area (Å²) >= 11 is 11.7. The molecule has 0 aliphatic heterocycles. The second-order valence-electron chi connectivity index (χ2n) is 4.32. The maximum Gasteiger partial charge on any atom is 0.193 e. The third kappa shape index (κ3) is 4.05. The standard InChI is InChI=1S/C14H15Cl2NO/c1-10(7-11-3-2-4-12(15)8-11)17-9-13-5-6-14(16)18-13/h2-6,8,10,17H,7,9H2,1H3. The molecule has 18 heavy (non-hydrogen) atoms. The number of furan rings is 1. The molecule has 0 bridgehead atoms. The van der Waals surface area contributed by atoms with Gasteiger partial charge < -0.3 is 9.73 Å². The second kappa shape index (κ2) is 6.28. The van der Waals surface area contributed by atoms with Crippen LogP contribution in [-0.4, -0.2) is 6.04 Å². The van der Waals surface area contributed by atoms with Crippen LogP contribution in [0.1, 0.15) is 18.2 Å². The molecule has 1 aromatic heterocycles. The van der Waals surface area contributed by atoms with E-state index in [0.717, 1.165) is 17.2 Å². The van der Waals surface area contributed by atoms with Crippen LogP contribution in [0.15, 0.2) is 40.8 Å². The molecule has 1 heterocycles. The molecule has 0 saturated carbocycles. The third-order valence-corrected chi connectivity index (χ3v) is 3.12. The summed E-state index contributed by atoms with van der Waals surface area (Å²) in [5.74, 6) is 0.845. The van der Waals surface area contributed by atoms with Crippen molar-refractivity contribution >= 4 is 23.2 Å². The smallest absolute Gasteiger partial charge is 0.193 e. The summed E-state index contributed by atoms with van der Waals surface area (Å²) in [6.45, 7) is 2.81. The molecule has 2 rings (SSSR count). The van der Waals surface area contributed by atoms with E-state index in [1.165, 1.54) is 5.56 Å². The van der Waals surface area contributed by atoms with Crippen molar-refractivity contribution in [2.45, 2.75) is 25.9 Å². The fourth-order valence-electron chi connectivity index (χ4n) is 1.81. The molecule has 96 valence electrons. The van der Waals surface area contributed by atoms with Crippen molar-refractivity contribution in [2.75, 3.05) is 0 Å². The molecule has 0 radical (unpaired) electrons. The topological polar surface area (TPSA) is 25.2 Å². The molecule has 0 amide bonds. The van der Waals surface area contributed by atoms with Gasteiger partial charge in [-0.15, -0.1) is 0 Å². The van der Waals surface area contributed by atoms with Gasteiger partial charge in [0, 0.05) is 11.1 Å². The maximum atomic E-state index is 5.95. The van der Waals surface area contributed by atoms with Crippen LogP contribution in [0.4, 0.5) is 0 Å². The highest BCUT2D eigenvalue weighted by Gasteiger charge is 2.05. The predicted molar refractivity (Wildman–Crippen MR) is 75.2 cm³/mol. The van der Waals surface area contributed by atoms with E-state index in [-0.39, 0.29) is 0 Å². The zero-order valence-electron chi connectivity index (χ0n) is 10.1. The van der Waals surface area contributed by atoms with Gasteiger partial charge in [-0.1, -0.05) is 23.7 Å². The normalized spacial score (nSPS) is 12.6. The van der Waals surface area contributed by atoms with Gasteiger partial charge in [0.05, 0.1) is 6.54 Å². The van der Waals surface area contributed by atoms with Gasteiger partial charge in [-0.05, 0) is 54.8 Å². The molecular weight excluding hydrogens is 269 g/mol. The van der Waals surface area contributed by atoms with Crippen molar-refractivity contribution in [2.24, 2.45) is 0 Å². The third-order valence-electron chi connectivity index (χ3n) is 2.68. The van der Waals surface area contributed by atoms with Gasteiger partial charge >= 0.3 is 0 Å². The van der Waals surface area contributed by atoms with Gasteiger partial charge in [-0.25, -0.2) is 0 Å². The average Bonchev–Trinajstić information content (AvgIpc) is 2.73. The highest BCUT2D eigenvalue weighted by Crippen LogP contribution is 2.14. The van der Waals surface area contributed by atoms with Gasteiger partial charge in [0.2, 0.25) is 0 Å². The van der Waals surface area contributed by atoms with Crippen LogP contribution >= 0.6 is 23.2 Å². The Morgan fingerprint density at radius 1 is 1.22 bits per heavy atom. The Labute approximate surface area is 117 Å². The zero-order chi connectivity index (χ0) is 13.0. The van der Waals surface area contributed by atoms with E-state index in [4.69, 9.17) is 27.6 Å². The fourth-order valence-corrected chi connectivity index (χ4v) is 2.19. The first-order valence-electron chi connectivity index (χ1n) is 5.85. The van der Waals surface area contributed by atoms with E-state index in [9.17, 15) is 0 Å². The average molecular weight is 284 g/mol. The number of rotatable bonds is 5. The van der Waals surface area contributed by atoms with Crippen molar-refractivity contribution in [3.8, 4) is 0 Å². The van der Waals surface area contributed by atoms with Crippen LogP contribution in [-0.2, 0) is 13.0 Å². The molecule has 0 saturated heterocycles. The predicted octanol–water partition coefficient (Wildman–Crippen LogP) is 4.31. The van der Waals surface area contributed by atoms with Crippen LogP contribution < -0.4 is 5.32 Å². The van der Waals surface area contributed by atoms with Gasteiger partial charge in [0.1, 0.15) is 5.76 Å². The van der Waals surface area contributed by atoms with Crippen molar-refractivity contribution in [3.63, 3.8) is 0 Å². The highest BCUT2D eigenvalue weighted by atomic mass is 35.5. The summed E-state index contributed by atoms with van der Waals surface area (Å²) in [6, 6.07) is 11.9. The Morgan fingerprint density at radius 2 is 2.06 bits per heavy atom. The molecule has 4 heteroatoms. The quantitative estimate of drug-likeness (QED) is 0.885. The van der Waals surface area contributed by atoms with Crippen LogP contribution in [0.2, 0.25) is 10.2 Å². The Kier molecular flexibility index (Phi) is 4.70. The SMILES string of the molecule is CC(Cc1cccc(Cl)c1)NCc1ccc(Cl)o1. The van der Waals surface area contributed by atoms with E-state index < -0.39 is 0 Å². The molecule has 1 unspecified atom stereocenters. The molecule has 1 aromatic carbocycles. The van der Waals surface area contributed by atoms with E-state index >= 15 is 0 Å². The molecule has 1 N–H and O–H groups in total. The first-order valence-corrected chi connectivity index (χ1v) is 6.61. The number of hydrogen-bond donors (Lipinski definition) is 1. The Hall–Kier alpha value is -0.960.